The summed E-state index contributed by atoms with van der Waals surface area (Å²) in [7, 11) is -3.77. The van der Waals surface area contributed by atoms with Crippen LogP contribution in [0.15, 0.2) is 47.4 Å². The van der Waals surface area contributed by atoms with E-state index >= 15 is 0 Å². The lowest BCUT2D eigenvalue weighted by molar-refractivity contribution is 0.0730. The highest BCUT2D eigenvalue weighted by Crippen LogP contribution is 2.25. The number of carbonyl (C=O) groups excluding carboxylic acids is 1. The van der Waals surface area contributed by atoms with Crippen LogP contribution in [-0.2, 0) is 14.8 Å². The predicted molar refractivity (Wildman–Crippen MR) is 97.1 cm³/mol. The number of benzene rings is 2. The Hall–Kier alpha value is -2.13. The fraction of sp³-hybridized carbons (Fsp3) is 0.235. The molecule has 9 heteroatoms. The number of anilines is 1. The number of amides is 1. The summed E-state index contributed by atoms with van der Waals surface area (Å²) in [6, 6.07) is 10.1. The lowest BCUT2D eigenvalue weighted by Gasteiger charge is -2.26. The molecule has 0 unspecified atom stereocenters. The Balaban J connectivity index is 1.87. The Morgan fingerprint density at radius 1 is 1.12 bits per heavy atom. The van der Waals surface area contributed by atoms with Crippen molar-refractivity contribution in [2.45, 2.75) is 4.90 Å². The van der Waals surface area contributed by atoms with Crippen LogP contribution in [0, 0.1) is 0 Å². The number of halogens is 1. The summed E-state index contributed by atoms with van der Waals surface area (Å²) in [5.74, 6) is -0.929. The Kier molecular flexibility index (Phi) is 5.47. The molecule has 0 aromatic heterocycles. The van der Waals surface area contributed by atoms with Crippen LogP contribution in [0.25, 0.3) is 0 Å². The number of ether oxygens (including phenoxy) is 1. The van der Waals surface area contributed by atoms with Crippen molar-refractivity contribution in [3.63, 3.8) is 0 Å². The largest absolute Gasteiger partial charge is 0.507 e. The average molecular weight is 397 g/mol. The van der Waals surface area contributed by atoms with E-state index in [1.807, 2.05) is 0 Å². The number of rotatable bonds is 4. The molecule has 2 N–H and O–H groups in total. The maximum absolute atomic E-state index is 12.7. The third-order valence-electron chi connectivity index (χ3n) is 3.92. The maximum Gasteiger partial charge on any atom is 0.259 e. The van der Waals surface area contributed by atoms with Gasteiger partial charge in [-0.25, -0.2) is 8.42 Å². The van der Waals surface area contributed by atoms with E-state index in [1.54, 1.807) is 24.3 Å². The molecule has 7 nitrogen and oxygen atoms in total. The van der Waals surface area contributed by atoms with Gasteiger partial charge in [0.05, 0.1) is 23.7 Å². The van der Waals surface area contributed by atoms with Gasteiger partial charge in [0.15, 0.2) is 0 Å². The van der Waals surface area contributed by atoms with E-state index in [2.05, 4.69) is 5.32 Å². The summed E-state index contributed by atoms with van der Waals surface area (Å²) in [5, 5.41) is 13.1. The number of sulfonamides is 1. The van der Waals surface area contributed by atoms with Gasteiger partial charge in [-0.2, -0.15) is 4.31 Å². The van der Waals surface area contributed by atoms with Crippen molar-refractivity contribution < 1.29 is 23.1 Å². The van der Waals surface area contributed by atoms with Crippen LogP contribution < -0.4 is 5.32 Å². The molecule has 0 atom stereocenters. The number of aromatic hydroxyl groups is 1. The molecule has 0 aliphatic carbocycles. The molecule has 1 aliphatic rings. The van der Waals surface area contributed by atoms with Crippen molar-refractivity contribution in [1.29, 1.82) is 0 Å². The summed E-state index contributed by atoms with van der Waals surface area (Å²) in [4.78, 5) is 12.4. The lowest BCUT2D eigenvalue weighted by atomic mass is 10.2. The quantitative estimate of drug-likeness (QED) is 0.826. The van der Waals surface area contributed by atoms with Crippen molar-refractivity contribution >= 4 is 33.2 Å². The van der Waals surface area contributed by atoms with Crippen LogP contribution in [0.5, 0.6) is 5.75 Å². The van der Waals surface area contributed by atoms with Gasteiger partial charge in [-0.05, 0) is 42.5 Å². The third kappa shape index (κ3) is 3.99. The molecule has 1 aliphatic heterocycles. The molecular weight excluding hydrogens is 380 g/mol. The van der Waals surface area contributed by atoms with Gasteiger partial charge >= 0.3 is 0 Å². The smallest absolute Gasteiger partial charge is 0.259 e. The van der Waals surface area contributed by atoms with Gasteiger partial charge in [-0.1, -0.05) is 11.6 Å². The first-order valence-electron chi connectivity index (χ1n) is 7.86. The van der Waals surface area contributed by atoms with Crippen molar-refractivity contribution in [3.8, 4) is 5.75 Å². The van der Waals surface area contributed by atoms with Crippen molar-refractivity contribution in [2.75, 3.05) is 31.6 Å². The summed E-state index contributed by atoms with van der Waals surface area (Å²) in [5.41, 5.74) is 0.342. The number of nitrogens with zero attached hydrogens (tertiary/aromatic N) is 1. The lowest BCUT2D eigenvalue weighted by Crippen LogP contribution is -2.40. The molecule has 0 bridgehead atoms. The zero-order valence-electron chi connectivity index (χ0n) is 13.7. The molecule has 1 heterocycles. The van der Waals surface area contributed by atoms with Crippen LogP contribution in [0.2, 0.25) is 5.02 Å². The topological polar surface area (TPSA) is 95.9 Å². The number of hydrogen-bond acceptors (Lipinski definition) is 5. The fourth-order valence-corrected chi connectivity index (χ4v) is 4.09. The standard InChI is InChI=1S/C17H17ClN2O5S/c18-12-1-3-13(4-2-12)19-17(22)15-11-14(5-6-16(15)21)26(23,24)20-7-9-25-10-8-20/h1-6,11,21H,7-10H2,(H,19,22). The second kappa shape index (κ2) is 7.63. The first kappa shape index (κ1) is 18.7. The Morgan fingerprint density at radius 3 is 2.42 bits per heavy atom. The zero-order valence-corrected chi connectivity index (χ0v) is 15.3. The minimum Gasteiger partial charge on any atom is -0.507 e. The number of phenolic OH excluding ortho intramolecular Hbond substituents is 1. The summed E-state index contributed by atoms with van der Waals surface area (Å²) in [6.07, 6.45) is 0. The molecular formula is C17H17ClN2O5S. The summed E-state index contributed by atoms with van der Waals surface area (Å²) < 4.78 is 31.9. The average Bonchev–Trinajstić information content (AvgIpc) is 2.64. The van der Waals surface area contributed by atoms with Gasteiger partial charge < -0.3 is 15.2 Å². The zero-order chi connectivity index (χ0) is 18.7. The highest BCUT2D eigenvalue weighted by Gasteiger charge is 2.27. The van der Waals surface area contributed by atoms with Gasteiger partial charge in [0.2, 0.25) is 10.0 Å². The van der Waals surface area contributed by atoms with Crippen LogP contribution >= 0.6 is 11.6 Å². The van der Waals surface area contributed by atoms with Gasteiger partial charge in [-0.3, -0.25) is 4.79 Å². The van der Waals surface area contributed by atoms with Crippen LogP contribution in [0.3, 0.4) is 0 Å². The monoisotopic (exact) mass is 396 g/mol. The van der Waals surface area contributed by atoms with Crippen molar-refractivity contribution in [1.82, 2.24) is 4.31 Å². The van der Waals surface area contributed by atoms with E-state index < -0.39 is 15.9 Å². The highest BCUT2D eigenvalue weighted by atomic mass is 35.5. The Labute approximate surface area is 156 Å². The van der Waals surface area contributed by atoms with E-state index in [4.69, 9.17) is 16.3 Å². The van der Waals surface area contributed by atoms with Gasteiger partial charge in [0.1, 0.15) is 5.75 Å². The minimum absolute atomic E-state index is 0.0570. The number of carbonyl (C=O) groups is 1. The second-order valence-corrected chi connectivity index (χ2v) is 8.03. The number of hydrogen-bond donors (Lipinski definition) is 2. The maximum atomic E-state index is 12.7. The molecule has 1 saturated heterocycles. The molecule has 3 rings (SSSR count). The summed E-state index contributed by atoms with van der Waals surface area (Å²) in [6.45, 7) is 1.13. The first-order chi connectivity index (χ1) is 12.4. The third-order valence-corrected chi connectivity index (χ3v) is 6.07. The molecule has 2 aromatic carbocycles. The predicted octanol–water partition coefficient (Wildman–Crippen LogP) is 2.32. The first-order valence-corrected chi connectivity index (χ1v) is 9.67. The Morgan fingerprint density at radius 2 is 1.77 bits per heavy atom. The van der Waals surface area contributed by atoms with Gasteiger partial charge in [-0.15, -0.1) is 0 Å². The molecule has 1 fully saturated rings. The van der Waals surface area contributed by atoms with E-state index in [1.165, 1.54) is 22.5 Å². The van der Waals surface area contributed by atoms with Crippen LogP contribution in [0.4, 0.5) is 5.69 Å². The molecule has 1 amide bonds. The SMILES string of the molecule is O=C(Nc1ccc(Cl)cc1)c1cc(S(=O)(=O)N2CCOCC2)ccc1O. The van der Waals surface area contributed by atoms with E-state index in [-0.39, 0.29) is 29.3 Å². The fourth-order valence-electron chi connectivity index (χ4n) is 2.53. The Bertz CT molecular complexity index is 909. The van der Waals surface area contributed by atoms with E-state index in [9.17, 15) is 18.3 Å². The number of nitrogens with one attached hydrogen (secondary N) is 1. The molecule has 138 valence electrons. The van der Waals surface area contributed by atoms with Crippen LogP contribution in [0.1, 0.15) is 10.4 Å². The van der Waals surface area contributed by atoms with E-state index in [0.717, 1.165) is 0 Å². The van der Waals surface area contributed by atoms with Crippen molar-refractivity contribution in [2.24, 2.45) is 0 Å². The molecule has 0 radical (unpaired) electrons. The minimum atomic E-state index is -3.77. The van der Waals surface area contributed by atoms with Crippen LogP contribution in [-0.4, -0.2) is 50.0 Å². The molecule has 26 heavy (non-hydrogen) atoms. The van der Waals surface area contributed by atoms with Gasteiger partial charge in [0.25, 0.3) is 5.91 Å². The van der Waals surface area contributed by atoms with Gasteiger partial charge in [0, 0.05) is 23.8 Å². The second-order valence-electron chi connectivity index (χ2n) is 5.66. The number of phenols is 1. The molecule has 0 saturated carbocycles. The van der Waals surface area contributed by atoms with Crippen molar-refractivity contribution in [3.05, 3.63) is 53.1 Å². The summed E-state index contributed by atoms with van der Waals surface area (Å²) >= 11 is 5.80. The number of morpholine rings is 1. The van der Waals surface area contributed by atoms with E-state index in [0.29, 0.717) is 23.9 Å². The molecule has 0 spiro atoms. The highest BCUT2D eigenvalue weighted by molar-refractivity contribution is 7.89. The normalized spacial score (nSPS) is 15.6. The molecule has 2 aromatic rings.